The fourth-order valence-electron chi connectivity index (χ4n) is 3.98. The van der Waals surface area contributed by atoms with Gasteiger partial charge in [0, 0.05) is 6.54 Å². The molecule has 154 valence electrons. The van der Waals surface area contributed by atoms with Gasteiger partial charge in [0.15, 0.2) is 11.5 Å². The molecule has 0 radical (unpaired) electrons. The first-order valence-corrected chi connectivity index (χ1v) is 10.3. The SMILES string of the molecule is O=C(Cc1ccccc1)N[C@H](CN1CCCC1)[C@@H](O)c1ccc2c(c1)OCCO2. The van der Waals surface area contributed by atoms with Crippen LogP contribution in [0.15, 0.2) is 48.5 Å². The molecule has 0 aliphatic carbocycles. The molecule has 2 heterocycles. The lowest BCUT2D eigenvalue weighted by molar-refractivity contribution is -0.122. The minimum absolute atomic E-state index is 0.0861. The van der Waals surface area contributed by atoms with Crippen LogP contribution in [0.3, 0.4) is 0 Å². The van der Waals surface area contributed by atoms with E-state index in [1.807, 2.05) is 48.5 Å². The molecule has 0 aromatic heterocycles. The Morgan fingerprint density at radius 3 is 2.52 bits per heavy atom. The number of fused-ring (bicyclic) bond motifs is 1. The van der Waals surface area contributed by atoms with Crippen LogP contribution in [0.25, 0.3) is 0 Å². The van der Waals surface area contributed by atoms with E-state index in [1.54, 1.807) is 0 Å². The normalized spacial score (nSPS) is 18.2. The van der Waals surface area contributed by atoms with E-state index in [4.69, 9.17) is 9.47 Å². The molecule has 2 aromatic rings. The van der Waals surface area contributed by atoms with Gasteiger partial charge in [-0.05, 0) is 49.2 Å². The first-order chi connectivity index (χ1) is 14.2. The monoisotopic (exact) mass is 396 g/mol. The average molecular weight is 396 g/mol. The topological polar surface area (TPSA) is 71.0 Å². The molecule has 0 saturated carbocycles. The summed E-state index contributed by atoms with van der Waals surface area (Å²) < 4.78 is 11.2. The fourth-order valence-corrected chi connectivity index (χ4v) is 3.98. The molecule has 6 nitrogen and oxygen atoms in total. The standard InChI is InChI=1S/C23H28N2O4/c26-22(14-17-6-2-1-3-7-17)24-19(16-25-10-4-5-11-25)23(27)18-8-9-20-21(15-18)29-13-12-28-20/h1-3,6-9,15,19,23,27H,4-5,10-14,16H2,(H,24,26)/t19-,23+/m1/s1. The second-order valence-electron chi connectivity index (χ2n) is 7.69. The number of carbonyl (C=O) groups excluding carboxylic acids is 1. The van der Waals surface area contributed by atoms with Gasteiger partial charge in [-0.1, -0.05) is 36.4 Å². The van der Waals surface area contributed by atoms with E-state index in [-0.39, 0.29) is 5.91 Å². The van der Waals surface area contributed by atoms with Crippen LogP contribution in [0.4, 0.5) is 0 Å². The van der Waals surface area contributed by atoms with Gasteiger partial charge in [0.2, 0.25) is 5.91 Å². The highest BCUT2D eigenvalue weighted by atomic mass is 16.6. The van der Waals surface area contributed by atoms with Crippen LogP contribution in [0, 0.1) is 0 Å². The number of carbonyl (C=O) groups is 1. The molecular weight excluding hydrogens is 368 g/mol. The summed E-state index contributed by atoms with van der Waals surface area (Å²) in [6, 6.07) is 14.8. The fraction of sp³-hybridized carbons (Fsp3) is 0.435. The van der Waals surface area contributed by atoms with Crippen LogP contribution in [-0.2, 0) is 11.2 Å². The number of hydrogen-bond acceptors (Lipinski definition) is 5. The number of benzene rings is 2. The zero-order chi connectivity index (χ0) is 20.1. The lowest BCUT2D eigenvalue weighted by Crippen LogP contribution is -2.47. The molecule has 4 rings (SSSR count). The summed E-state index contributed by atoms with van der Waals surface area (Å²) in [5, 5.41) is 14.2. The number of hydrogen-bond donors (Lipinski definition) is 2. The molecule has 0 bridgehead atoms. The zero-order valence-electron chi connectivity index (χ0n) is 16.5. The minimum atomic E-state index is -0.828. The Kier molecular flexibility index (Phi) is 6.32. The van der Waals surface area contributed by atoms with Crippen LogP contribution in [0.1, 0.15) is 30.1 Å². The van der Waals surface area contributed by atoms with E-state index in [9.17, 15) is 9.90 Å². The van der Waals surface area contributed by atoms with Crippen molar-refractivity contribution in [3.63, 3.8) is 0 Å². The predicted molar refractivity (Wildman–Crippen MR) is 110 cm³/mol. The number of likely N-dealkylation sites (tertiary alicyclic amines) is 1. The summed E-state index contributed by atoms with van der Waals surface area (Å²) in [5.41, 5.74) is 1.68. The quantitative estimate of drug-likeness (QED) is 0.752. The van der Waals surface area contributed by atoms with E-state index < -0.39 is 12.1 Å². The Labute approximate surface area is 171 Å². The van der Waals surface area contributed by atoms with Gasteiger partial charge in [-0.2, -0.15) is 0 Å². The van der Waals surface area contributed by atoms with Crippen LogP contribution >= 0.6 is 0 Å². The smallest absolute Gasteiger partial charge is 0.224 e. The summed E-state index contributed by atoms with van der Waals surface area (Å²) in [6.07, 6.45) is 1.78. The molecule has 2 aliphatic heterocycles. The van der Waals surface area contributed by atoms with Crippen molar-refractivity contribution in [2.45, 2.75) is 31.4 Å². The Bertz CT molecular complexity index is 821. The molecule has 1 fully saturated rings. The van der Waals surface area contributed by atoms with Crippen molar-refractivity contribution in [2.75, 3.05) is 32.8 Å². The molecule has 6 heteroatoms. The Morgan fingerprint density at radius 2 is 1.76 bits per heavy atom. The third-order valence-electron chi connectivity index (χ3n) is 5.50. The van der Waals surface area contributed by atoms with Crippen LogP contribution in [-0.4, -0.2) is 54.8 Å². The van der Waals surface area contributed by atoms with Crippen molar-refractivity contribution in [2.24, 2.45) is 0 Å². The highest BCUT2D eigenvalue weighted by molar-refractivity contribution is 5.79. The molecule has 1 saturated heterocycles. The molecule has 2 N–H and O–H groups in total. The van der Waals surface area contributed by atoms with Crippen LogP contribution < -0.4 is 14.8 Å². The maximum absolute atomic E-state index is 12.7. The van der Waals surface area contributed by atoms with Crippen molar-refractivity contribution < 1.29 is 19.4 Å². The number of ether oxygens (including phenoxy) is 2. The minimum Gasteiger partial charge on any atom is -0.486 e. The number of aliphatic hydroxyl groups excluding tert-OH is 1. The molecule has 2 aliphatic rings. The van der Waals surface area contributed by atoms with Crippen molar-refractivity contribution in [3.05, 3.63) is 59.7 Å². The van der Waals surface area contributed by atoms with E-state index in [2.05, 4.69) is 10.2 Å². The summed E-state index contributed by atoms with van der Waals surface area (Å²) in [4.78, 5) is 15.0. The highest BCUT2D eigenvalue weighted by Crippen LogP contribution is 2.33. The number of aliphatic hydroxyl groups is 1. The van der Waals surface area contributed by atoms with Gasteiger partial charge in [0.05, 0.1) is 12.5 Å². The van der Waals surface area contributed by atoms with Crippen LogP contribution in [0.2, 0.25) is 0 Å². The Morgan fingerprint density at radius 1 is 1.03 bits per heavy atom. The largest absolute Gasteiger partial charge is 0.486 e. The molecule has 29 heavy (non-hydrogen) atoms. The molecule has 0 spiro atoms. The van der Waals surface area contributed by atoms with Crippen molar-refractivity contribution in [3.8, 4) is 11.5 Å². The third kappa shape index (κ3) is 5.08. The maximum atomic E-state index is 12.7. The van der Waals surface area contributed by atoms with Crippen LogP contribution in [0.5, 0.6) is 11.5 Å². The first-order valence-electron chi connectivity index (χ1n) is 10.3. The number of amides is 1. The maximum Gasteiger partial charge on any atom is 0.224 e. The van der Waals surface area contributed by atoms with Gasteiger partial charge < -0.3 is 24.8 Å². The summed E-state index contributed by atoms with van der Waals surface area (Å²) in [5.74, 6) is 1.25. The number of nitrogens with one attached hydrogen (secondary N) is 1. The lowest BCUT2D eigenvalue weighted by atomic mass is 10.0. The molecule has 2 atom stereocenters. The molecule has 0 unspecified atom stereocenters. The molecular formula is C23H28N2O4. The first kappa shape index (κ1) is 19.7. The van der Waals surface area contributed by atoms with Gasteiger partial charge >= 0.3 is 0 Å². The lowest BCUT2D eigenvalue weighted by Gasteiger charge is -2.29. The van der Waals surface area contributed by atoms with E-state index in [0.717, 1.165) is 37.1 Å². The van der Waals surface area contributed by atoms with Gasteiger partial charge in [-0.15, -0.1) is 0 Å². The average Bonchev–Trinajstić information content (AvgIpc) is 3.26. The summed E-state index contributed by atoms with van der Waals surface area (Å²) in [7, 11) is 0. The van der Waals surface area contributed by atoms with E-state index in [1.165, 1.54) is 0 Å². The number of rotatable bonds is 7. The highest BCUT2D eigenvalue weighted by Gasteiger charge is 2.27. The van der Waals surface area contributed by atoms with Crippen molar-refractivity contribution in [1.82, 2.24) is 10.2 Å². The van der Waals surface area contributed by atoms with E-state index >= 15 is 0 Å². The number of nitrogens with zero attached hydrogens (tertiary/aromatic N) is 1. The molecule has 1 amide bonds. The molecule has 2 aromatic carbocycles. The van der Waals surface area contributed by atoms with Gasteiger partial charge in [0.25, 0.3) is 0 Å². The predicted octanol–water partition coefficient (Wildman–Crippen LogP) is 2.31. The van der Waals surface area contributed by atoms with Crippen molar-refractivity contribution >= 4 is 5.91 Å². The Balaban J connectivity index is 1.48. The van der Waals surface area contributed by atoms with E-state index in [0.29, 0.717) is 37.7 Å². The van der Waals surface area contributed by atoms with Gasteiger partial charge in [-0.3, -0.25) is 4.79 Å². The second-order valence-corrected chi connectivity index (χ2v) is 7.69. The van der Waals surface area contributed by atoms with Gasteiger partial charge in [-0.25, -0.2) is 0 Å². The second kappa shape index (κ2) is 9.29. The van der Waals surface area contributed by atoms with Gasteiger partial charge in [0.1, 0.15) is 19.3 Å². The zero-order valence-corrected chi connectivity index (χ0v) is 16.5. The van der Waals surface area contributed by atoms with Crippen molar-refractivity contribution in [1.29, 1.82) is 0 Å². The third-order valence-corrected chi connectivity index (χ3v) is 5.50. The summed E-state index contributed by atoms with van der Waals surface area (Å²) >= 11 is 0. The Hall–Kier alpha value is -2.57. The summed E-state index contributed by atoms with van der Waals surface area (Å²) in [6.45, 7) is 3.65.